The van der Waals surface area contributed by atoms with Gasteiger partial charge in [0.2, 0.25) is 5.91 Å². The highest BCUT2D eigenvalue weighted by molar-refractivity contribution is 6.56. The standard InChI is InChI=1S/C20H26BN3O3/c1-14(25)22-13-17(21-26-19(2,3)20(4,5)27-21)12-15-6-8-16(9-7-15)18-10-11-23-24-18/h6-12H,13H2,1-5H3,(H,22,25)(H,23,24). The minimum atomic E-state index is -0.505. The average molecular weight is 367 g/mol. The summed E-state index contributed by atoms with van der Waals surface area (Å²) >= 11 is 0. The van der Waals surface area contributed by atoms with Crippen LogP contribution < -0.4 is 5.32 Å². The summed E-state index contributed by atoms with van der Waals surface area (Å²) in [6.45, 7) is 9.93. The summed E-state index contributed by atoms with van der Waals surface area (Å²) in [5.74, 6) is -0.0907. The molecule has 2 heterocycles. The van der Waals surface area contributed by atoms with Gasteiger partial charge < -0.3 is 14.6 Å². The van der Waals surface area contributed by atoms with E-state index in [1.165, 1.54) is 6.92 Å². The summed E-state index contributed by atoms with van der Waals surface area (Å²) < 4.78 is 12.3. The molecule has 27 heavy (non-hydrogen) atoms. The van der Waals surface area contributed by atoms with Crippen molar-refractivity contribution >= 4 is 19.1 Å². The number of H-pyrrole nitrogens is 1. The first-order valence-electron chi connectivity index (χ1n) is 9.08. The molecule has 0 saturated carbocycles. The van der Waals surface area contributed by atoms with E-state index in [0.717, 1.165) is 22.3 Å². The van der Waals surface area contributed by atoms with Crippen LogP contribution in [0.15, 0.2) is 42.0 Å². The molecular weight excluding hydrogens is 341 g/mol. The molecule has 0 unspecified atom stereocenters. The lowest BCUT2D eigenvalue weighted by atomic mass is 9.77. The van der Waals surface area contributed by atoms with Crippen LogP contribution >= 0.6 is 0 Å². The van der Waals surface area contributed by atoms with E-state index in [2.05, 4.69) is 15.5 Å². The predicted molar refractivity (Wildman–Crippen MR) is 107 cm³/mol. The Bertz CT molecular complexity index is 811. The van der Waals surface area contributed by atoms with E-state index in [-0.39, 0.29) is 5.91 Å². The molecule has 0 aliphatic carbocycles. The van der Waals surface area contributed by atoms with E-state index in [9.17, 15) is 4.79 Å². The van der Waals surface area contributed by atoms with Crippen LogP contribution in [-0.4, -0.2) is 41.0 Å². The number of hydrogen-bond donors (Lipinski definition) is 2. The molecule has 0 radical (unpaired) electrons. The Labute approximate surface area is 160 Å². The maximum atomic E-state index is 11.4. The Morgan fingerprint density at radius 2 is 1.78 bits per heavy atom. The van der Waals surface area contributed by atoms with Crippen molar-refractivity contribution in [1.29, 1.82) is 0 Å². The van der Waals surface area contributed by atoms with E-state index in [1.807, 2.05) is 64.1 Å². The van der Waals surface area contributed by atoms with Crippen LogP contribution in [0.2, 0.25) is 0 Å². The third-order valence-electron chi connectivity index (χ3n) is 5.17. The van der Waals surface area contributed by atoms with Gasteiger partial charge in [0.15, 0.2) is 0 Å². The number of nitrogens with zero attached hydrogens (tertiary/aromatic N) is 1. The number of hydrogen-bond acceptors (Lipinski definition) is 4. The van der Waals surface area contributed by atoms with Gasteiger partial charge >= 0.3 is 7.12 Å². The highest BCUT2D eigenvalue weighted by atomic mass is 16.7. The van der Waals surface area contributed by atoms with Gasteiger partial charge in [0, 0.05) is 19.7 Å². The number of aromatic amines is 1. The number of carbonyl (C=O) groups excluding carboxylic acids is 1. The van der Waals surface area contributed by atoms with Crippen molar-refractivity contribution in [3.05, 3.63) is 47.6 Å². The number of benzene rings is 1. The second-order valence-electron chi connectivity index (χ2n) is 7.81. The van der Waals surface area contributed by atoms with Crippen LogP contribution in [0.25, 0.3) is 17.3 Å². The van der Waals surface area contributed by atoms with Crippen LogP contribution in [-0.2, 0) is 14.1 Å². The minimum Gasteiger partial charge on any atom is -0.400 e. The van der Waals surface area contributed by atoms with Crippen molar-refractivity contribution < 1.29 is 14.1 Å². The fourth-order valence-corrected chi connectivity index (χ4v) is 2.81. The highest BCUT2D eigenvalue weighted by Crippen LogP contribution is 2.38. The summed E-state index contributed by atoms with van der Waals surface area (Å²) in [4.78, 5) is 11.4. The largest absolute Gasteiger partial charge is 0.492 e. The molecule has 1 saturated heterocycles. The van der Waals surface area contributed by atoms with Crippen LogP contribution in [0.4, 0.5) is 0 Å². The molecule has 0 bridgehead atoms. The first-order valence-corrected chi connectivity index (χ1v) is 9.08. The zero-order valence-corrected chi connectivity index (χ0v) is 16.5. The van der Waals surface area contributed by atoms with Crippen LogP contribution in [0.3, 0.4) is 0 Å². The summed E-state index contributed by atoms with van der Waals surface area (Å²) in [5.41, 5.74) is 3.04. The van der Waals surface area contributed by atoms with Gasteiger partial charge in [-0.1, -0.05) is 30.3 Å². The molecule has 1 aromatic carbocycles. The Morgan fingerprint density at radius 3 is 2.30 bits per heavy atom. The number of nitrogens with one attached hydrogen (secondary N) is 2. The smallest absolute Gasteiger partial charge is 0.400 e. The van der Waals surface area contributed by atoms with Crippen molar-refractivity contribution in [2.45, 2.75) is 45.8 Å². The van der Waals surface area contributed by atoms with Gasteiger partial charge in [-0.15, -0.1) is 0 Å². The summed E-state index contributed by atoms with van der Waals surface area (Å²) in [7, 11) is -0.505. The molecule has 0 atom stereocenters. The molecule has 6 nitrogen and oxygen atoms in total. The number of amides is 1. The molecule has 1 aromatic heterocycles. The Hall–Kier alpha value is -2.38. The van der Waals surface area contributed by atoms with Crippen molar-refractivity contribution in [3.63, 3.8) is 0 Å². The topological polar surface area (TPSA) is 76.2 Å². The normalized spacial score (nSPS) is 18.6. The maximum Gasteiger partial charge on any atom is 0.492 e. The summed E-state index contributed by atoms with van der Waals surface area (Å²) in [5, 5.41) is 9.79. The van der Waals surface area contributed by atoms with Crippen molar-refractivity contribution in [2.24, 2.45) is 0 Å². The van der Waals surface area contributed by atoms with Gasteiger partial charge in [-0.3, -0.25) is 9.89 Å². The lowest BCUT2D eigenvalue weighted by molar-refractivity contribution is -0.118. The quantitative estimate of drug-likeness (QED) is 0.796. The molecule has 1 fully saturated rings. The van der Waals surface area contributed by atoms with E-state index in [1.54, 1.807) is 6.20 Å². The van der Waals surface area contributed by atoms with Gasteiger partial charge in [0.1, 0.15) is 0 Å². The van der Waals surface area contributed by atoms with Gasteiger partial charge in [0.25, 0.3) is 0 Å². The molecule has 1 aliphatic rings. The van der Waals surface area contributed by atoms with Crippen LogP contribution in [0.1, 0.15) is 40.2 Å². The molecular formula is C20H26BN3O3. The fourth-order valence-electron chi connectivity index (χ4n) is 2.81. The summed E-state index contributed by atoms with van der Waals surface area (Å²) in [6.07, 6.45) is 3.74. The number of aromatic nitrogens is 2. The average Bonchev–Trinajstić information content (AvgIpc) is 3.18. The summed E-state index contributed by atoms with van der Waals surface area (Å²) in [6, 6.07) is 10.0. The predicted octanol–water partition coefficient (Wildman–Crippen LogP) is 3.23. The Morgan fingerprint density at radius 1 is 1.15 bits per heavy atom. The Kier molecular flexibility index (Phi) is 5.26. The van der Waals surface area contributed by atoms with Crippen molar-refractivity contribution in [3.8, 4) is 11.3 Å². The van der Waals surface area contributed by atoms with Gasteiger partial charge in [-0.05, 0) is 50.4 Å². The van der Waals surface area contributed by atoms with Gasteiger partial charge in [-0.2, -0.15) is 5.10 Å². The van der Waals surface area contributed by atoms with E-state index >= 15 is 0 Å². The fraction of sp³-hybridized carbons (Fsp3) is 0.400. The molecule has 2 aromatic rings. The van der Waals surface area contributed by atoms with E-state index in [4.69, 9.17) is 9.31 Å². The maximum absolute atomic E-state index is 11.4. The highest BCUT2D eigenvalue weighted by Gasteiger charge is 2.52. The second-order valence-corrected chi connectivity index (χ2v) is 7.81. The molecule has 142 valence electrons. The van der Waals surface area contributed by atoms with Crippen molar-refractivity contribution in [1.82, 2.24) is 15.5 Å². The van der Waals surface area contributed by atoms with E-state index < -0.39 is 18.3 Å². The zero-order chi connectivity index (χ0) is 19.7. The van der Waals surface area contributed by atoms with Crippen molar-refractivity contribution in [2.75, 3.05) is 6.54 Å². The minimum absolute atomic E-state index is 0.0907. The van der Waals surface area contributed by atoms with Crippen LogP contribution in [0.5, 0.6) is 0 Å². The third kappa shape index (κ3) is 4.31. The first kappa shape index (κ1) is 19.4. The number of rotatable bonds is 5. The Balaban J connectivity index is 1.85. The number of carbonyl (C=O) groups is 1. The van der Waals surface area contributed by atoms with Gasteiger partial charge in [-0.25, -0.2) is 0 Å². The third-order valence-corrected chi connectivity index (χ3v) is 5.17. The molecule has 2 N–H and O–H groups in total. The van der Waals surface area contributed by atoms with E-state index in [0.29, 0.717) is 6.54 Å². The SMILES string of the molecule is CC(=O)NCC(=Cc1ccc(-c2ccn[nH]2)cc1)B1OC(C)(C)C(C)(C)O1. The lowest BCUT2D eigenvalue weighted by Crippen LogP contribution is -2.41. The van der Waals surface area contributed by atoms with Gasteiger partial charge in [0.05, 0.1) is 16.9 Å². The molecule has 3 rings (SSSR count). The second kappa shape index (κ2) is 7.33. The first-order chi connectivity index (χ1) is 12.7. The molecule has 0 spiro atoms. The molecule has 1 amide bonds. The lowest BCUT2D eigenvalue weighted by Gasteiger charge is -2.32. The zero-order valence-electron chi connectivity index (χ0n) is 16.5. The van der Waals surface area contributed by atoms with Crippen LogP contribution in [0, 0.1) is 0 Å². The monoisotopic (exact) mass is 367 g/mol. The molecule has 7 heteroatoms. The molecule has 1 aliphatic heterocycles.